The second kappa shape index (κ2) is 19.5. The second-order valence-electron chi connectivity index (χ2n) is 19.6. The van der Waals surface area contributed by atoms with Gasteiger partial charge < -0.3 is 5.11 Å². The van der Waals surface area contributed by atoms with Crippen molar-refractivity contribution in [2.24, 2.45) is 0 Å². The molecule has 10 rings (SSSR count). The summed E-state index contributed by atoms with van der Waals surface area (Å²) in [5.74, 6) is -3.27. The van der Waals surface area contributed by atoms with Crippen molar-refractivity contribution in [3.63, 3.8) is 0 Å². The molecule has 8 aromatic carbocycles. The highest BCUT2D eigenvalue weighted by atomic mass is 16.3. The number of nitrogens with zero attached hydrogens (tertiary/aromatic N) is 3. The van der Waals surface area contributed by atoms with Gasteiger partial charge in [0.2, 0.25) is 0 Å². The predicted molar refractivity (Wildman–Crippen MR) is 300 cm³/mol. The standard InChI is InChI=1S/C67H63N3O/c1-41(2)52-38-59(44(7)8)66(71)60(39-52)67-69-65-58(24-17-25-63(65)70(67)62-31-30-51(34-45(62)9)64-56(42(3)4)22-16-23-57(64)43(5)6)54-35-53(47-20-14-11-15-21-47)36-55(37-54)61-40-50(32-33-68-61)49-28-26-48(27-29-49)46-18-12-10-13-19-46/h10-44,71H,1-9H3/i9D3,41D,42D,44D. The molecule has 0 spiro atoms. The Balaban J connectivity index is 1.24. The number of phenols is 1. The van der Waals surface area contributed by atoms with Crippen molar-refractivity contribution in [3.8, 4) is 89.7 Å². The maximum absolute atomic E-state index is 12.5. The minimum Gasteiger partial charge on any atom is -0.507 e. The first kappa shape index (κ1) is 40.0. The molecule has 0 aliphatic carbocycles. The smallest absolute Gasteiger partial charge is 0.149 e. The summed E-state index contributed by atoms with van der Waals surface area (Å²) in [6, 6.07) is 60.4. The van der Waals surface area contributed by atoms with Crippen LogP contribution in [0.5, 0.6) is 5.75 Å². The lowest BCUT2D eigenvalue weighted by Crippen LogP contribution is -2.04. The first-order chi connectivity index (χ1) is 36.5. The Morgan fingerprint density at radius 2 is 1.08 bits per heavy atom. The molecule has 1 N–H and O–H groups in total. The van der Waals surface area contributed by atoms with Crippen LogP contribution in [0.4, 0.5) is 0 Å². The maximum Gasteiger partial charge on any atom is 0.149 e. The number of aryl methyl sites for hydroxylation is 1. The largest absolute Gasteiger partial charge is 0.507 e. The van der Waals surface area contributed by atoms with E-state index < -0.39 is 24.5 Å². The van der Waals surface area contributed by atoms with Crippen LogP contribution in [0.25, 0.3) is 95.0 Å². The first-order valence-corrected chi connectivity index (χ1v) is 24.5. The summed E-state index contributed by atoms with van der Waals surface area (Å²) in [5, 5.41) is 12.5. The van der Waals surface area contributed by atoms with E-state index in [1.165, 1.54) is 0 Å². The highest BCUT2D eigenvalue weighted by Gasteiger charge is 2.25. The number of aromatic nitrogens is 3. The van der Waals surface area contributed by atoms with Crippen molar-refractivity contribution in [1.82, 2.24) is 14.5 Å². The van der Waals surface area contributed by atoms with Crippen LogP contribution >= 0.6 is 0 Å². The van der Waals surface area contributed by atoms with Gasteiger partial charge in [-0.2, -0.15) is 0 Å². The molecule has 352 valence electrons. The molecule has 2 aromatic heterocycles. The van der Waals surface area contributed by atoms with Gasteiger partial charge in [0.25, 0.3) is 0 Å². The number of fused-ring (bicyclic) bond motifs is 1. The number of rotatable bonds is 12. The molecular formula is C67H63N3O. The first-order valence-electron chi connectivity index (χ1n) is 27.5. The Morgan fingerprint density at radius 3 is 1.75 bits per heavy atom. The highest BCUT2D eigenvalue weighted by Crippen LogP contribution is 2.45. The van der Waals surface area contributed by atoms with Crippen molar-refractivity contribution >= 4 is 11.0 Å². The molecule has 4 heteroatoms. The molecule has 0 saturated carbocycles. The summed E-state index contributed by atoms with van der Waals surface area (Å²) < 4.78 is 57.1. The Hall–Kier alpha value is -7.82. The zero-order valence-corrected chi connectivity index (χ0v) is 41.8. The van der Waals surface area contributed by atoms with E-state index in [0.29, 0.717) is 33.4 Å². The monoisotopic (exact) mass is 932 g/mol. The third-order valence-electron chi connectivity index (χ3n) is 13.7. The lowest BCUT2D eigenvalue weighted by atomic mass is 9.84. The number of benzene rings is 8. The predicted octanol–water partition coefficient (Wildman–Crippen LogP) is 18.6. The fourth-order valence-corrected chi connectivity index (χ4v) is 9.89. The van der Waals surface area contributed by atoms with Crippen molar-refractivity contribution in [3.05, 3.63) is 216 Å². The van der Waals surface area contributed by atoms with Crippen molar-refractivity contribution in [1.29, 1.82) is 0 Å². The van der Waals surface area contributed by atoms with E-state index in [-0.39, 0.29) is 28.6 Å². The van der Waals surface area contributed by atoms with Gasteiger partial charge in [-0.1, -0.05) is 183 Å². The van der Waals surface area contributed by atoms with Crippen LogP contribution in [0.1, 0.15) is 115 Å². The van der Waals surface area contributed by atoms with Crippen molar-refractivity contribution < 1.29 is 13.3 Å². The molecule has 0 atom stereocenters. The molecule has 71 heavy (non-hydrogen) atoms. The summed E-state index contributed by atoms with van der Waals surface area (Å²) >= 11 is 0. The molecule has 0 aliphatic heterocycles. The van der Waals surface area contributed by atoms with Crippen LogP contribution in [0, 0.1) is 6.85 Å². The summed E-state index contributed by atoms with van der Waals surface area (Å²) in [7, 11) is 0. The molecular weight excluding hydrogens is 863 g/mol. The average molecular weight is 932 g/mol. The lowest BCUT2D eigenvalue weighted by molar-refractivity contribution is 0.466. The van der Waals surface area contributed by atoms with E-state index >= 15 is 0 Å². The van der Waals surface area contributed by atoms with Gasteiger partial charge in [0.1, 0.15) is 11.6 Å². The number of hydrogen-bond donors (Lipinski definition) is 1. The number of pyridine rings is 1. The van der Waals surface area contributed by atoms with Crippen LogP contribution in [0.15, 0.2) is 188 Å². The molecule has 0 amide bonds. The van der Waals surface area contributed by atoms with E-state index in [0.717, 1.165) is 72.5 Å². The quantitative estimate of drug-likeness (QED) is 0.133. The van der Waals surface area contributed by atoms with E-state index in [9.17, 15) is 13.3 Å². The van der Waals surface area contributed by atoms with Gasteiger partial charge in [-0.05, 0) is 163 Å². The minimum absolute atomic E-state index is 0.0554. The summed E-state index contributed by atoms with van der Waals surface area (Å²) in [4.78, 5) is 10.4. The number of aromatic hydroxyl groups is 1. The zero-order valence-electron chi connectivity index (χ0n) is 47.8. The molecule has 0 aliphatic rings. The third-order valence-corrected chi connectivity index (χ3v) is 13.7. The van der Waals surface area contributed by atoms with Gasteiger partial charge in [-0.3, -0.25) is 9.55 Å². The molecule has 4 nitrogen and oxygen atoms in total. The molecule has 10 aromatic rings. The Labute approximate surface area is 428 Å². The van der Waals surface area contributed by atoms with E-state index in [2.05, 4.69) is 86.6 Å². The SMILES string of the molecule is [2H]C([2H])([2H])c1cc(-c2c(C(C)C)cccc2C([2H])(C)C)ccc1-n1c(-c2cc(C([2H])(C)C)cc(C([2H])(C)C)c2O)nc2c(-c3cc(-c4ccccc4)cc(-c4cc(-c5ccc(-c6ccccc6)cc5)ccn4)c3)cccc21. The van der Waals surface area contributed by atoms with E-state index in [1.54, 1.807) is 45.9 Å². The molecule has 2 heterocycles. The molecule has 0 bridgehead atoms. The van der Waals surface area contributed by atoms with Crippen molar-refractivity contribution in [2.45, 2.75) is 85.8 Å². The normalized spacial score (nSPS) is 13.6. The minimum atomic E-state index is -2.65. The van der Waals surface area contributed by atoms with Gasteiger partial charge in [0.15, 0.2) is 0 Å². The summed E-state index contributed by atoms with van der Waals surface area (Å²) in [6.45, 7) is 12.2. The van der Waals surface area contributed by atoms with E-state index in [1.807, 2.05) is 116 Å². The fraction of sp³-hybridized carbons (Fsp3) is 0.194. The molecule has 0 unspecified atom stereocenters. The number of para-hydroxylation sites is 1. The zero-order chi connectivity index (χ0) is 54.8. The van der Waals surface area contributed by atoms with Crippen LogP contribution in [-0.2, 0) is 0 Å². The van der Waals surface area contributed by atoms with Crippen LogP contribution in [0.2, 0.25) is 0 Å². The Morgan fingerprint density at radius 1 is 0.479 bits per heavy atom. The number of imidazole rings is 1. The van der Waals surface area contributed by atoms with Gasteiger partial charge in [-0.15, -0.1) is 0 Å². The summed E-state index contributed by atoms with van der Waals surface area (Å²) in [5.41, 5.74) is 15.5. The van der Waals surface area contributed by atoms with Crippen molar-refractivity contribution in [2.75, 3.05) is 0 Å². The molecule has 0 fully saturated rings. The third kappa shape index (κ3) is 9.12. The number of phenolic OH excluding ortho intramolecular Hbond substituents is 1. The topological polar surface area (TPSA) is 50.9 Å². The molecule has 0 radical (unpaired) electrons. The van der Waals surface area contributed by atoms with Gasteiger partial charge in [0.05, 0.1) is 28.0 Å². The maximum atomic E-state index is 12.5. The average Bonchev–Trinajstić information content (AvgIpc) is 3.93. The van der Waals surface area contributed by atoms with E-state index in [4.69, 9.17) is 9.97 Å². The van der Waals surface area contributed by atoms with Crippen LogP contribution < -0.4 is 0 Å². The Bertz CT molecular complexity index is 3820. The van der Waals surface area contributed by atoms with Gasteiger partial charge in [-0.25, -0.2) is 4.98 Å². The Kier molecular flexibility index (Phi) is 11.0. The lowest BCUT2D eigenvalue weighted by Gasteiger charge is -2.22. The molecule has 0 saturated heterocycles. The fourth-order valence-electron chi connectivity index (χ4n) is 9.89. The van der Waals surface area contributed by atoms with Gasteiger partial charge >= 0.3 is 0 Å². The second-order valence-corrected chi connectivity index (χ2v) is 19.6. The van der Waals surface area contributed by atoms with Crippen LogP contribution in [-0.4, -0.2) is 19.6 Å². The van der Waals surface area contributed by atoms with Crippen LogP contribution in [0.3, 0.4) is 0 Å². The number of hydrogen-bond acceptors (Lipinski definition) is 3. The highest BCUT2D eigenvalue weighted by molar-refractivity contribution is 5.98. The summed E-state index contributed by atoms with van der Waals surface area (Å²) in [6.07, 6.45) is 1.84. The van der Waals surface area contributed by atoms with Gasteiger partial charge in [0, 0.05) is 25.5 Å².